The van der Waals surface area contributed by atoms with Crippen molar-refractivity contribution in [3.8, 4) is 17.1 Å². The molecule has 0 fully saturated rings. The quantitative estimate of drug-likeness (QED) is 0.913. The summed E-state index contributed by atoms with van der Waals surface area (Å²) in [6, 6.07) is 9.82. The Bertz CT molecular complexity index is 550. The first-order valence-corrected chi connectivity index (χ1v) is 6.33. The molecule has 19 heavy (non-hydrogen) atoms. The number of rotatable bonds is 4. The summed E-state index contributed by atoms with van der Waals surface area (Å²) >= 11 is 0. The Morgan fingerprint density at radius 1 is 1.21 bits per heavy atom. The molecule has 4 heteroatoms. The second kappa shape index (κ2) is 5.80. The van der Waals surface area contributed by atoms with Crippen molar-refractivity contribution in [1.82, 2.24) is 9.97 Å². The minimum Gasteiger partial charge on any atom is -0.497 e. The van der Waals surface area contributed by atoms with Crippen LogP contribution in [-0.2, 0) is 6.42 Å². The molecule has 2 aromatic rings. The monoisotopic (exact) mass is 257 g/mol. The Morgan fingerprint density at radius 2 is 1.89 bits per heavy atom. The van der Waals surface area contributed by atoms with Gasteiger partial charge in [0.05, 0.1) is 7.11 Å². The first-order valence-electron chi connectivity index (χ1n) is 6.33. The predicted octanol–water partition coefficient (Wildman–Crippen LogP) is 2.35. The molecule has 0 aliphatic carbocycles. The van der Waals surface area contributed by atoms with E-state index in [-0.39, 0.29) is 6.04 Å². The number of benzene rings is 1. The summed E-state index contributed by atoms with van der Waals surface area (Å²) in [5.74, 6) is 1.56. The Labute approximate surface area is 113 Å². The van der Waals surface area contributed by atoms with Gasteiger partial charge in [0, 0.05) is 29.4 Å². The smallest absolute Gasteiger partial charge is 0.159 e. The predicted molar refractivity (Wildman–Crippen MR) is 76.1 cm³/mol. The van der Waals surface area contributed by atoms with E-state index in [2.05, 4.69) is 9.97 Å². The van der Waals surface area contributed by atoms with Crippen LogP contribution in [0.15, 0.2) is 30.3 Å². The van der Waals surface area contributed by atoms with Crippen LogP contribution in [-0.4, -0.2) is 23.1 Å². The van der Waals surface area contributed by atoms with Crippen LogP contribution in [0, 0.1) is 6.92 Å². The third-order valence-electron chi connectivity index (χ3n) is 2.79. The molecule has 0 saturated carbocycles. The topological polar surface area (TPSA) is 61.0 Å². The zero-order chi connectivity index (χ0) is 13.8. The molecule has 0 amide bonds. The van der Waals surface area contributed by atoms with Crippen molar-refractivity contribution >= 4 is 0 Å². The third kappa shape index (κ3) is 3.51. The number of aromatic nitrogens is 2. The SMILES string of the molecule is COc1ccc(-c2nc(C)cc(CC(C)N)n2)cc1. The van der Waals surface area contributed by atoms with Crippen molar-refractivity contribution in [2.45, 2.75) is 26.3 Å². The highest BCUT2D eigenvalue weighted by atomic mass is 16.5. The van der Waals surface area contributed by atoms with Crippen molar-refractivity contribution < 1.29 is 4.74 Å². The minimum atomic E-state index is 0.0954. The number of hydrogen-bond acceptors (Lipinski definition) is 4. The Hall–Kier alpha value is -1.94. The molecule has 4 nitrogen and oxygen atoms in total. The van der Waals surface area contributed by atoms with Crippen molar-refractivity contribution in [1.29, 1.82) is 0 Å². The van der Waals surface area contributed by atoms with Crippen LogP contribution in [0.1, 0.15) is 18.3 Å². The van der Waals surface area contributed by atoms with Crippen LogP contribution in [0.4, 0.5) is 0 Å². The van der Waals surface area contributed by atoms with Gasteiger partial charge in [-0.2, -0.15) is 0 Å². The van der Waals surface area contributed by atoms with E-state index >= 15 is 0 Å². The van der Waals surface area contributed by atoms with Gasteiger partial charge in [-0.1, -0.05) is 0 Å². The molecule has 1 heterocycles. The first kappa shape index (κ1) is 13.5. The molecular weight excluding hydrogens is 238 g/mol. The highest BCUT2D eigenvalue weighted by Crippen LogP contribution is 2.20. The second-order valence-corrected chi connectivity index (χ2v) is 4.73. The number of ether oxygens (including phenoxy) is 1. The lowest BCUT2D eigenvalue weighted by Gasteiger charge is -2.08. The fourth-order valence-corrected chi connectivity index (χ4v) is 1.94. The zero-order valence-corrected chi connectivity index (χ0v) is 11.6. The highest BCUT2D eigenvalue weighted by molar-refractivity contribution is 5.56. The molecule has 0 bridgehead atoms. The largest absolute Gasteiger partial charge is 0.497 e. The van der Waals surface area contributed by atoms with Crippen LogP contribution in [0.25, 0.3) is 11.4 Å². The number of methoxy groups -OCH3 is 1. The molecule has 0 saturated heterocycles. The Kier molecular flexibility index (Phi) is 4.12. The van der Waals surface area contributed by atoms with Gasteiger partial charge in [0.1, 0.15) is 5.75 Å². The number of aryl methyl sites for hydroxylation is 1. The summed E-state index contributed by atoms with van der Waals surface area (Å²) < 4.78 is 5.15. The van der Waals surface area contributed by atoms with Crippen LogP contribution in [0.3, 0.4) is 0 Å². The molecule has 0 radical (unpaired) electrons. The minimum absolute atomic E-state index is 0.0954. The first-order chi connectivity index (χ1) is 9.08. The van der Waals surface area contributed by atoms with Gasteiger partial charge in [0.15, 0.2) is 5.82 Å². The average Bonchev–Trinajstić information content (AvgIpc) is 2.37. The normalized spacial score (nSPS) is 12.2. The van der Waals surface area contributed by atoms with E-state index < -0.39 is 0 Å². The summed E-state index contributed by atoms with van der Waals surface area (Å²) in [5, 5.41) is 0. The molecule has 1 atom stereocenters. The van der Waals surface area contributed by atoms with Crippen LogP contribution in [0.5, 0.6) is 5.75 Å². The zero-order valence-electron chi connectivity index (χ0n) is 11.6. The maximum Gasteiger partial charge on any atom is 0.159 e. The van der Waals surface area contributed by atoms with Gasteiger partial charge < -0.3 is 10.5 Å². The molecule has 0 aliphatic heterocycles. The summed E-state index contributed by atoms with van der Waals surface area (Å²) in [6.45, 7) is 3.95. The van der Waals surface area contributed by atoms with Gasteiger partial charge in [-0.15, -0.1) is 0 Å². The van der Waals surface area contributed by atoms with E-state index in [0.717, 1.165) is 34.9 Å². The van der Waals surface area contributed by atoms with E-state index in [4.69, 9.17) is 10.5 Å². The molecule has 0 spiro atoms. The lowest BCUT2D eigenvalue weighted by molar-refractivity contribution is 0.415. The number of nitrogens with two attached hydrogens (primary N) is 1. The third-order valence-corrected chi connectivity index (χ3v) is 2.79. The van der Waals surface area contributed by atoms with Gasteiger partial charge >= 0.3 is 0 Å². The molecule has 2 rings (SSSR count). The van der Waals surface area contributed by atoms with Crippen LogP contribution in [0.2, 0.25) is 0 Å². The van der Waals surface area contributed by atoms with E-state index in [1.165, 1.54) is 0 Å². The highest BCUT2D eigenvalue weighted by Gasteiger charge is 2.07. The Morgan fingerprint density at radius 3 is 2.47 bits per heavy atom. The second-order valence-electron chi connectivity index (χ2n) is 4.73. The van der Waals surface area contributed by atoms with E-state index in [9.17, 15) is 0 Å². The van der Waals surface area contributed by atoms with E-state index in [1.54, 1.807) is 7.11 Å². The molecular formula is C15H19N3O. The molecule has 1 unspecified atom stereocenters. The molecule has 1 aromatic heterocycles. The fourth-order valence-electron chi connectivity index (χ4n) is 1.94. The standard InChI is InChI=1S/C15H19N3O/c1-10(16)8-13-9-11(2)17-15(18-13)12-4-6-14(19-3)7-5-12/h4-7,9-10H,8,16H2,1-3H3. The molecule has 0 aliphatic rings. The summed E-state index contributed by atoms with van der Waals surface area (Å²) in [4.78, 5) is 9.04. The summed E-state index contributed by atoms with van der Waals surface area (Å²) in [5.41, 5.74) is 8.74. The number of hydrogen-bond donors (Lipinski definition) is 1. The lowest BCUT2D eigenvalue weighted by atomic mass is 10.1. The van der Waals surface area contributed by atoms with Gasteiger partial charge in [0.2, 0.25) is 0 Å². The van der Waals surface area contributed by atoms with Gasteiger partial charge in [-0.25, -0.2) is 9.97 Å². The lowest BCUT2D eigenvalue weighted by Crippen LogP contribution is -2.19. The molecule has 1 aromatic carbocycles. The van der Waals surface area contributed by atoms with E-state index in [0.29, 0.717) is 0 Å². The van der Waals surface area contributed by atoms with Crippen LogP contribution >= 0.6 is 0 Å². The molecule has 100 valence electrons. The van der Waals surface area contributed by atoms with Crippen molar-refractivity contribution in [2.75, 3.05) is 7.11 Å². The van der Waals surface area contributed by atoms with Crippen molar-refractivity contribution in [2.24, 2.45) is 5.73 Å². The number of nitrogens with zero attached hydrogens (tertiary/aromatic N) is 2. The summed E-state index contributed by atoms with van der Waals surface area (Å²) in [6.07, 6.45) is 0.756. The maximum absolute atomic E-state index is 5.82. The maximum atomic E-state index is 5.82. The molecule has 2 N–H and O–H groups in total. The van der Waals surface area contributed by atoms with Crippen molar-refractivity contribution in [3.05, 3.63) is 41.7 Å². The summed E-state index contributed by atoms with van der Waals surface area (Å²) in [7, 11) is 1.65. The van der Waals surface area contributed by atoms with Crippen LogP contribution < -0.4 is 10.5 Å². The average molecular weight is 257 g/mol. The van der Waals surface area contributed by atoms with Gasteiger partial charge in [-0.3, -0.25) is 0 Å². The fraction of sp³-hybridized carbons (Fsp3) is 0.333. The van der Waals surface area contributed by atoms with Gasteiger partial charge in [0.25, 0.3) is 0 Å². The van der Waals surface area contributed by atoms with E-state index in [1.807, 2.05) is 44.2 Å². The Balaban J connectivity index is 2.34. The van der Waals surface area contributed by atoms with Gasteiger partial charge in [-0.05, 0) is 44.2 Å². The van der Waals surface area contributed by atoms with Crippen molar-refractivity contribution in [3.63, 3.8) is 0 Å².